The second-order valence-corrected chi connectivity index (χ2v) is 7.01. The first-order valence-electron chi connectivity index (χ1n) is 9.65. The van der Waals surface area contributed by atoms with Crippen LogP contribution in [-0.4, -0.2) is 37.7 Å². The third kappa shape index (κ3) is 4.94. The maximum atomic E-state index is 13.1. The molecule has 6 heteroatoms. The van der Waals surface area contributed by atoms with Crippen LogP contribution in [0.1, 0.15) is 31.2 Å². The lowest BCUT2D eigenvalue weighted by Gasteiger charge is -2.36. The Balaban J connectivity index is 1.63. The number of hydrogen-bond acceptors (Lipinski definition) is 3. The van der Waals surface area contributed by atoms with Gasteiger partial charge in [-0.3, -0.25) is 0 Å². The monoisotopic (exact) mass is 386 g/mol. The highest BCUT2D eigenvalue weighted by Crippen LogP contribution is 2.29. The van der Waals surface area contributed by atoms with Crippen molar-refractivity contribution in [1.29, 1.82) is 0 Å². The van der Waals surface area contributed by atoms with Crippen LogP contribution < -0.4 is 14.8 Å². The third-order valence-electron chi connectivity index (χ3n) is 5.20. The van der Waals surface area contributed by atoms with Gasteiger partial charge in [0.2, 0.25) is 0 Å². The molecule has 1 N–H and O–H groups in total. The molecular weight excluding hydrogens is 359 g/mol. The summed E-state index contributed by atoms with van der Waals surface area (Å²) in [5, 5.41) is 2.88. The highest BCUT2D eigenvalue weighted by atomic mass is 19.1. The summed E-state index contributed by atoms with van der Waals surface area (Å²) in [5.41, 5.74) is 1.76. The predicted molar refractivity (Wildman–Crippen MR) is 108 cm³/mol. The second-order valence-electron chi connectivity index (χ2n) is 7.01. The number of piperidine rings is 1. The van der Waals surface area contributed by atoms with Gasteiger partial charge < -0.3 is 19.7 Å². The molecule has 0 spiro atoms. The molecule has 150 valence electrons. The minimum Gasteiger partial charge on any atom is -0.493 e. The lowest BCUT2D eigenvalue weighted by Crippen LogP contribution is -2.46. The Labute approximate surface area is 165 Å². The molecule has 5 nitrogen and oxygen atoms in total. The molecule has 0 saturated carbocycles. The molecule has 1 unspecified atom stereocenters. The number of hydrogen-bond donors (Lipinski definition) is 1. The van der Waals surface area contributed by atoms with Crippen molar-refractivity contribution in [1.82, 2.24) is 4.90 Å². The number of rotatable bonds is 6. The molecule has 2 amide bonds. The zero-order valence-corrected chi connectivity index (χ0v) is 16.4. The van der Waals surface area contributed by atoms with E-state index in [-0.39, 0.29) is 17.9 Å². The first-order chi connectivity index (χ1) is 13.6. The van der Waals surface area contributed by atoms with Crippen LogP contribution >= 0.6 is 0 Å². The average molecular weight is 386 g/mol. The number of carbonyl (C=O) groups excluding carboxylic acids is 1. The van der Waals surface area contributed by atoms with E-state index < -0.39 is 0 Å². The molecule has 1 heterocycles. The van der Waals surface area contributed by atoms with E-state index in [2.05, 4.69) is 5.32 Å². The Kier molecular flexibility index (Phi) is 6.74. The molecule has 0 aliphatic carbocycles. The van der Waals surface area contributed by atoms with Crippen LogP contribution in [0.25, 0.3) is 0 Å². The Morgan fingerprint density at radius 2 is 1.86 bits per heavy atom. The van der Waals surface area contributed by atoms with Gasteiger partial charge in [0.15, 0.2) is 11.5 Å². The molecule has 28 heavy (non-hydrogen) atoms. The minimum absolute atomic E-state index is 0.122. The molecule has 1 aliphatic rings. The van der Waals surface area contributed by atoms with Crippen LogP contribution in [-0.2, 0) is 6.42 Å². The van der Waals surface area contributed by atoms with Gasteiger partial charge in [0, 0.05) is 18.3 Å². The summed E-state index contributed by atoms with van der Waals surface area (Å²) in [7, 11) is 3.25. The number of amides is 2. The van der Waals surface area contributed by atoms with E-state index >= 15 is 0 Å². The summed E-state index contributed by atoms with van der Waals surface area (Å²) >= 11 is 0. The largest absolute Gasteiger partial charge is 0.493 e. The summed E-state index contributed by atoms with van der Waals surface area (Å²) < 4.78 is 23.7. The molecule has 1 aliphatic heterocycles. The van der Waals surface area contributed by atoms with E-state index in [9.17, 15) is 9.18 Å². The first-order valence-corrected chi connectivity index (χ1v) is 9.65. The van der Waals surface area contributed by atoms with Gasteiger partial charge in [-0.2, -0.15) is 0 Å². The molecule has 1 saturated heterocycles. The van der Waals surface area contributed by atoms with Gasteiger partial charge in [-0.05, 0) is 74.1 Å². The van der Waals surface area contributed by atoms with Crippen LogP contribution in [0.3, 0.4) is 0 Å². The standard InChI is InChI=1S/C22H27FN2O3/c1-27-20-13-7-16(15-21(20)28-2)6-12-19-5-3-4-14-25(19)22(26)24-18-10-8-17(23)9-11-18/h7-11,13,15,19H,3-6,12,14H2,1-2H3,(H,24,26). The maximum absolute atomic E-state index is 13.1. The Morgan fingerprint density at radius 3 is 2.57 bits per heavy atom. The Morgan fingerprint density at radius 1 is 1.11 bits per heavy atom. The van der Waals surface area contributed by atoms with E-state index in [1.807, 2.05) is 23.1 Å². The van der Waals surface area contributed by atoms with Crippen LogP contribution in [0.4, 0.5) is 14.9 Å². The second kappa shape index (κ2) is 9.44. The van der Waals surface area contributed by atoms with Crippen LogP contribution in [0.15, 0.2) is 42.5 Å². The molecule has 2 aromatic carbocycles. The van der Waals surface area contributed by atoms with Crippen molar-refractivity contribution >= 4 is 11.7 Å². The highest BCUT2D eigenvalue weighted by Gasteiger charge is 2.26. The number of halogens is 1. The smallest absolute Gasteiger partial charge is 0.322 e. The summed E-state index contributed by atoms with van der Waals surface area (Å²) in [6.07, 6.45) is 4.85. The third-order valence-corrected chi connectivity index (χ3v) is 5.20. The van der Waals surface area contributed by atoms with Gasteiger partial charge in [-0.1, -0.05) is 6.07 Å². The number of benzene rings is 2. The van der Waals surface area contributed by atoms with Crippen molar-refractivity contribution in [2.24, 2.45) is 0 Å². The van der Waals surface area contributed by atoms with Gasteiger partial charge in [0.05, 0.1) is 14.2 Å². The molecule has 1 fully saturated rings. The van der Waals surface area contributed by atoms with Crippen LogP contribution in [0.2, 0.25) is 0 Å². The molecule has 0 radical (unpaired) electrons. The van der Waals surface area contributed by atoms with Crippen LogP contribution in [0, 0.1) is 5.82 Å². The lowest BCUT2D eigenvalue weighted by atomic mass is 9.96. The van der Waals surface area contributed by atoms with Gasteiger partial charge in [0.1, 0.15) is 5.82 Å². The number of ether oxygens (including phenoxy) is 2. The van der Waals surface area contributed by atoms with E-state index in [1.165, 1.54) is 12.1 Å². The Hall–Kier alpha value is -2.76. The molecule has 2 aromatic rings. The fourth-order valence-electron chi connectivity index (χ4n) is 3.67. The zero-order valence-electron chi connectivity index (χ0n) is 16.4. The maximum Gasteiger partial charge on any atom is 0.322 e. The molecule has 0 bridgehead atoms. The molecular formula is C22H27FN2O3. The van der Waals surface area contributed by atoms with E-state index in [0.717, 1.165) is 50.0 Å². The van der Waals surface area contributed by atoms with Gasteiger partial charge in [-0.25, -0.2) is 9.18 Å². The zero-order chi connectivity index (χ0) is 19.9. The number of nitrogens with zero attached hydrogens (tertiary/aromatic N) is 1. The van der Waals surface area contributed by atoms with Crippen LogP contribution in [0.5, 0.6) is 11.5 Å². The summed E-state index contributed by atoms with van der Waals surface area (Å²) in [6.45, 7) is 0.740. The van der Waals surface area contributed by atoms with Crippen molar-refractivity contribution in [2.45, 2.75) is 38.1 Å². The summed E-state index contributed by atoms with van der Waals surface area (Å²) in [4.78, 5) is 14.7. The van der Waals surface area contributed by atoms with Gasteiger partial charge in [0.25, 0.3) is 0 Å². The first kappa shape index (κ1) is 20.0. The number of methoxy groups -OCH3 is 2. The number of aryl methyl sites for hydroxylation is 1. The fourth-order valence-corrected chi connectivity index (χ4v) is 3.67. The predicted octanol–water partition coefficient (Wildman–Crippen LogP) is 4.86. The molecule has 1 atom stereocenters. The molecule has 3 rings (SSSR count). The number of nitrogens with one attached hydrogen (secondary N) is 1. The van der Waals surface area contributed by atoms with Gasteiger partial charge >= 0.3 is 6.03 Å². The average Bonchev–Trinajstić information content (AvgIpc) is 2.73. The van der Waals surface area contributed by atoms with Crippen molar-refractivity contribution in [3.05, 3.63) is 53.8 Å². The number of likely N-dealkylation sites (tertiary alicyclic amines) is 1. The van der Waals surface area contributed by atoms with Crippen molar-refractivity contribution < 1.29 is 18.7 Å². The summed E-state index contributed by atoms with van der Waals surface area (Å²) in [5.74, 6) is 1.11. The van der Waals surface area contributed by atoms with E-state index in [0.29, 0.717) is 11.4 Å². The quantitative estimate of drug-likeness (QED) is 0.771. The summed E-state index contributed by atoms with van der Waals surface area (Å²) in [6, 6.07) is 11.9. The fraction of sp³-hybridized carbons (Fsp3) is 0.409. The minimum atomic E-state index is -0.316. The Bertz CT molecular complexity index is 795. The topological polar surface area (TPSA) is 50.8 Å². The van der Waals surface area contributed by atoms with Crippen molar-refractivity contribution in [3.8, 4) is 11.5 Å². The normalized spacial score (nSPS) is 16.5. The number of anilines is 1. The van der Waals surface area contributed by atoms with Crippen molar-refractivity contribution in [3.63, 3.8) is 0 Å². The SMILES string of the molecule is COc1ccc(CCC2CCCCN2C(=O)Nc2ccc(F)cc2)cc1OC. The number of carbonyl (C=O) groups is 1. The molecule has 0 aromatic heterocycles. The number of urea groups is 1. The van der Waals surface area contributed by atoms with E-state index in [1.54, 1.807) is 26.4 Å². The van der Waals surface area contributed by atoms with Gasteiger partial charge in [-0.15, -0.1) is 0 Å². The lowest BCUT2D eigenvalue weighted by molar-refractivity contribution is 0.158. The van der Waals surface area contributed by atoms with E-state index in [4.69, 9.17) is 9.47 Å². The van der Waals surface area contributed by atoms with Crippen molar-refractivity contribution in [2.75, 3.05) is 26.1 Å². The highest BCUT2D eigenvalue weighted by molar-refractivity contribution is 5.89.